The van der Waals surface area contributed by atoms with E-state index >= 15 is 0 Å². The third kappa shape index (κ3) is 5.55. The maximum absolute atomic E-state index is 5.02. The highest BCUT2D eigenvalue weighted by Crippen LogP contribution is 2.10. The number of hydrogen-bond acceptors (Lipinski definition) is 5. The van der Waals surface area contributed by atoms with Crippen LogP contribution in [0.5, 0.6) is 0 Å². The fraction of sp³-hybridized carbons (Fsp3) is 0.727. The van der Waals surface area contributed by atoms with E-state index in [9.17, 15) is 0 Å². The zero-order valence-electron chi connectivity index (χ0n) is 10.3. The van der Waals surface area contributed by atoms with Gasteiger partial charge in [0.25, 0.3) is 0 Å². The van der Waals surface area contributed by atoms with E-state index in [2.05, 4.69) is 22.2 Å². The van der Waals surface area contributed by atoms with Gasteiger partial charge in [0.1, 0.15) is 0 Å². The SMILES string of the molecule is COCCN(C)CCNCc1cnc(C)s1. The summed E-state index contributed by atoms with van der Waals surface area (Å²) >= 11 is 1.75. The van der Waals surface area contributed by atoms with Crippen LogP contribution >= 0.6 is 11.3 Å². The van der Waals surface area contributed by atoms with Crippen molar-refractivity contribution in [3.8, 4) is 0 Å². The summed E-state index contributed by atoms with van der Waals surface area (Å²) in [6.45, 7) is 6.77. The van der Waals surface area contributed by atoms with Gasteiger partial charge in [-0.25, -0.2) is 4.98 Å². The Kier molecular flexibility index (Phi) is 6.56. The minimum Gasteiger partial charge on any atom is -0.383 e. The second-order valence-electron chi connectivity index (χ2n) is 3.82. The molecule has 0 unspecified atom stereocenters. The third-order valence-corrected chi connectivity index (χ3v) is 3.23. The highest BCUT2D eigenvalue weighted by atomic mass is 32.1. The summed E-state index contributed by atoms with van der Waals surface area (Å²) in [6, 6.07) is 0. The predicted octanol–water partition coefficient (Wildman–Crippen LogP) is 1.12. The lowest BCUT2D eigenvalue weighted by Crippen LogP contribution is -2.31. The Morgan fingerprint density at radius 1 is 1.50 bits per heavy atom. The molecular weight excluding hydrogens is 222 g/mol. The zero-order chi connectivity index (χ0) is 11.8. The lowest BCUT2D eigenvalue weighted by molar-refractivity contribution is 0.161. The number of aryl methyl sites for hydroxylation is 1. The summed E-state index contributed by atoms with van der Waals surface area (Å²) in [4.78, 5) is 7.78. The Hall–Kier alpha value is -0.490. The van der Waals surface area contributed by atoms with Gasteiger partial charge in [-0.2, -0.15) is 0 Å². The Morgan fingerprint density at radius 3 is 2.94 bits per heavy atom. The average Bonchev–Trinajstić information content (AvgIpc) is 2.67. The second kappa shape index (κ2) is 7.73. The van der Waals surface area contributed by atoms with Crippen LogP contribution in [0.1, 0.15) is 9.88 Å². The normalized spacial score (nSPS) is 11.2. The molecule has 0 atom stereocenters. The molecule has 0 spiro atoms. The molecule has 0 fully saturated rings. The van der Waals surface area contributed by atoms with Crippen molar-refractivity contribution >= 4 is 11.3 Å². The van der Waals surface area contributed by atoms with Crippen LogP contribution in [0.4, 0.5) is 0 Å². The van der Waals surface area contributed by atoms with Gasteiger partial charge in [-0.1, -0.05) is 0 Å². The zero-order valence-corrected chi connectivity index (χ0v) is 11.1. The van der Waals surface area contributed by atoms with E-state index in [-0.39, 0.29) is 0 Å². The molecular formula is C11H21N3OS. The van der Waals surface area contributed by atoms with Crippen molar-refractivity contribution in [2.45, 2.75) is 13.5 Å². The predicted molar refractivity (Wildman–Crippen MR) is 67.9 cm³/mol. The van der Waals surface area contributed by atoms with Gasteiger partial charge in [0.2, 0.25) is 0 Å². The summed E-state index contributed by atoms with van der Waals surface area (Å²) in [5.74, 6) is 0. The molecule has 0 amide bonds. The second-order valence-corrected chi connectivity index (χ2v) is 5.14. The van der Waals surface area contributed by atoms with Crippen LogP contribution in [0.15, 0.2) is 6.20 Å². The number of hydrogen-bond donors (Lipinski definition) is 1. The molecule has 1 aromatic heterocycles. The molecule has 0 aromatic carbocycles. The van der Waals surface area contributed by atoms with Gasteiger partial charge in [-0.3, -0.25) is 0 Å². The third-order valence-electron chi connectivity index (χ3n) is 2.32. The largest absolute Gasteiger partial charge is 0.383 e. The Bertz CT molecular complexity index is 291. The number of aromatic nitrogens is 1. The highest BCUT2D eigenvalue weighted by molar-refractivity contribution is 7.11. The van der Waals surface area contributed by atoms with Crippen molar-refractivity contribution in [2.24, 2.45) is 0 Å². The summed E-state index contributed by atoms with van der Waals surface area (Å²) in [6.07, 6.45) is 1.95. The summed E-state index contributed by atoms with van der Waals surface area (Å²) in [5, 5.41) is 4.54. The van der Waals surface area contributed by atoms with Crippen molar-refractivity contribution in [1.82, 2.24) is 15.2 Å². The number of likely N-dealkylation sites (N-methyl/N-ethyl adjacent to an activating group) is 1. The number of methoxy groups -OCH3 is 1. The van der Waals surface area contributed by atoms with Crippen LogP contribution in [-0.4, -0.2) is 50.3 Å². The summed E-state index contributed by atoms with van der Waals surface area (Å²) in [5.41, 5.74) is 0. The molecule has 0 aliphatic heterocycles. The van der Waals surface area contributed by atoms with Gasteiger partial charge in [-0.05, 0) is 14.0 Å². The molecule has 0 aliphatic rings. The van der Waals surface area contributed by atoms with Gasteiger partial charge < -0.3 is 15.0 Å². The standard InChI is InChI=1S/C11H21N3OS/c1-10-13-9-11(16-10)8-12-4-5-14(2)6-7-15-3/h9,12H,4-8H2,1-3H3. The number of nitrogens with zero attached hydrogens (tertiary/aromatic N) is 2. The van der Waals surface area contributed by atoms with E-state index in [1.165, 1.54) is 4.88 Å². The first kappa shape index (κ1) is 13.6. The van der Waals surface area contributed by atoms with Crippen molar-refractivity contribution < 1.29 is 4.74 Å². The monoisotopic (exact) mass is 243 g/mol. The summed E-state index contributed by atoms with van der Waals surface area (Å²) in [7, 11) is 3.84. The molecule has 1 aromatic rings. The van der Waals surface area contributed by atoms with E-state index in [0.717, 1.165) is 37.8 Å². The Morgan fingerprint density at radius 2 is 2.31 bits per heavy atom. The lowest BCUT2D eigenvalue weighted by atomic mass is 10.5. The van der Waals surface area contributed by atoms with Crippen molar-refractivity contribution in [1.29, 1.82) is 0 Å². The van der Waals surface area contributed by atoms with Crippen molar-refractivity contribution in [3.63, 3.8) is 0 Å². The van der Waals surface area contributed by atoms with E-state index in [1.807, 2.05) is 13.1 Å². The number of nitrogens with one attached hydrogen (secondary N) is 1. The average molecular weight is 243 g/mol. The molecule has 0 radical (unpaired) electrons. The minimum absolute atomic E-state index is 0.796. The minimum atomic E-state index is 0.796. The van der Waals surface area contributed by atoms with E-state index < -0.39 is 0 Å². The number of ether oxygens (including phenoxy) is 1. The molecule has 0 saturated carbocycles. The topological polar surface area (TPSA) is 37.4 Å². The van der Waals surface area contributed by atoms with E-state index in [1.54, 1.807) is 18.4 Å². The van der Waals surface area contributed by atoms with Crippen LogP contribution in [-0.2, 0) is 11.3 Å². The van der Waals surface area contributed by atoms with Gasteiger partial charge in [0.05, 0.1) is 11.6 Å². The maximum atomic E-state index is 5.02. The molecule has 4 nitrogen and oxygen atoms in total. The van der Waals surface area contributed by atoms with Crippen LogP contribution in [0, 0.1) is 6.92 Å². The van der Waals surface area contributed by atoms with Gasteiger partial charge >= 0.3 is 0 Å². The Balaban J connectivity index is 2.03. The molecule has 1 heterocycles. The molecule has 0 saturated heterocycles. The van der Waals surface area contributed by atoms with Crippen molar-refractivity contribution in [2.75, 3.05) is 40.4 Å². The van der Waals surface area contributed by atoms with Crippen LogP contribution in [0.25, 0.3) is 0 Å². The lowest BCUT2D eigenvalue weighted by Gasteiger charge is -2.15. The first-order valence-electron chi connectivity index (χ1n) is 5.52. The van der Waals surface area contributed by atoms with Crippen LogP contribution in [0.3, 0.4) is 0 Å². The molecule has 16 heavy (non-hydrogen) atoms. The van der Waals surface area contributed by atoms with E-state index in [0.29, 0.717) is 0 Å². The van der Waals surface area contributed by atoms with Gasteiger partial charge in [0.15, 0.2) is 0 Å². The molecule has 1 N–H and O–H groups in total. The fourth-order valence-corrected chi connectivity index (χ4v) is 2.09. The molecule has 0 aliphatic carbocycles. The van der Waals surface area contributed by atoms with Gasteiger partial charge in [0, 0.05) is 44.4 Å². The van der Waals surface area contributed by atoms with Crippen LogP contribution in [0.2, 0.25) is 0 Å². The fourth-order valence-electron chi connectivity index (χ4n) is 1.33. The smallest absolute Gasteiger partial charge is 0.0897 e. The molecule has 92 valence electrons. The quantitative estimate of drug-likeness (QED) is 0.694. The summed E-state index contributed by atoms with van der Waals surface area (Å²) < 4.78 is 5.02. The Labute approximate surface area is 102 Å². The molecule has 1 rings (SSSR count). The molecule has 0 bridgehead atoms. The molecule has 5 heteroatoms. The van der Waals surface area contributed by atoms with Crippen LogP contribution < -0.4 is 5.32 Å². The maximum Gasteiger partial charge on any atom is 0.0897 e. The highest BCUT2D eigenvalue weighted by Gasteiger charge is 1.99. The first-order chi connectivity index (χ1) is 7.72. The number of thiazole rings is 1. The van der Waals surface area contributed by atoms with Crippen molar-refractivity contribution in [3.05, 3.63) is 16.1 Å². The van der Waals surface area contributed by atoms with E-state index in [4.69, 9.17) is 4.74 Å². The first-order valence-corrected chi connectivity index (χ1v) is 6.33. The van der Waals surface area contributed by atoms with Gasteiger partial charge in [-0.15, -0.1) is 11.3 Å². The number of rotatable bonds is 8.